The normalized spacial score (nSPS) is 19.9. The molecule has 5 heteroatoms. The summed E-state index contributed by atoms with van der Waals surface area (Å²) in [6, 6.07) is 4.08. The third kappa shape index (κ3) is 1.95. The number of anilines is 1. The van der Waals surface area contributed by atoms with Crippen LogP contribution in [0.5, 0.6) is 0 Å². The van der Waals surface area contributed by atoms with Gasteiger partial charge in [0.05, 0.1) is 0 Å². The second-order valence-electron chi connectivity index (χ2n) is 5.03. The maximum absolute atomic E-state index is 4.65. The van der Waals surface area contributed by atoms with Crippen LogP contribution in [-0.4, -0.2) is 41.3 Å². The van der Waals surface area contributed by atoms with Crippen molar-refractivity contribution in [3.05, 3.63) is 23.9 Å². The van der Waals surface area contributed by atoms with Crippen molar-refractivity contribution in [3.8, 4) is 0 Å². The third-order valence-electron chi connectivity index (χ3n) is 3.61. The second kappa shape index (κ2) is 4.57. The van der Waals surface area contributed by atoms with Crippen molar-refractivity contribution < 1.29 is 0 Å². The van der Waals surface area contributed by atoms with Crippen molar-refractivity contribution in [1.29, 1.82) is 0 Å². The summed E-state index contributed by atoms with van der Waals surface area (Å²) in [5, 5.41) is 7.81. The van der Waals surface area contributed by atoms with E-state index in [1.807, 2.05) is 23.8 Å². The molecule has 2 aromatic heterocycles. The van der Waals surface area contributed by atoms with Crippen LogP contribution in [0, 0.1) is 12.8 Å². The van der Waals surface area contributed by atoms with Gasteiger partial charge in [0.25, 0.3) is 0 Å². The molecule has 96 valence electrons. The van der Waals surface area contributed by atoms with Crippen LogP contribution >= 0.6 is 0 Å². The van der Waals surface area contributed by atoms with Gasteiger partial charge in [0.15, 0.2) is 5.65 Å². The summed E-state index contributed by atoms with van der Waals surface area (Å²) in [7, 11) is 2.01. The van der Waals surface area contributed by atoms with Gasteiger partial charge >= 0.3 is 0 Å². The summed E-state index contributed by atoms with van der Waals surface area (Å²) in [6.07, 6.45) is 3.18. The first-order valence-electron chi connectivity index (χ1n) is 6.49. The average Bonchev–Trinajstić information content (AvgIpc) is 2.96. The van der Waals surface area contributed by atoms with E-state index in [0.717, 1.165) is 31.2 Å². The van der Waals surface area contributed by atoms with Gasteiger partial charge in [-0.1, -0.05) is 6.07 Å². The highest BCUT2D eigenvalue weighted by Crippen LogP contribution is 2.21. The predicted molar refractivity (Wildman–Crippen MR) is 72.0 cm³/mol. The maximum Gasteiger partial charge on any atom is 0.245 e. The minimum absolute atomic E-state index is 0.711. The Kier molecular flexibility index (Phi) is 2.91. The van der Waals surface area contributed by atoms with Crippen LogP contribution in [0.25, 0.3) is 5.65 Å². The molecule has 0 aliphatic carbocycles. The fraction of sp³-hybridized carbons (Fsp3) is 0.538. The van der Waals surface area contributed by atoms with Crippen LogP contribution in [0.2, 0.25) is 0 Å². The fourth-order valence-corrected chi connectivity index (χ4v) is 2.63. The molecule has 1 saturated heterocycles. The largest absolute Gasteiger partial charge is 0.339 e. The van der Waals surface area contributed by atoms with Crippen LogP contribution < -0.4 is 10.2 Å². The Labute approximate surface area is 107 Å². The van der Waals surface area contributed by atoms with E-state index in [1.165, 1.54) is 12.0 Å². The maximum atomic E-state index is 4.65. The molecule has 1 aliphatic heterocycles. The number of hydrogen-bond acceptors (Lipinski definition) is 4. The van der Waals surface area contributed by atoms with E-state index in [1.54, 1.807) is 0 Å². The number of rotatable bonds is 3. The predicted octanol–water partition coefficient (Wildman–Crippen LogP) is 1.08. The first-order chi connectivity index (χ1) is 8.78. The van der Waals surface area contributed by atoms with E-state index < -0.39 is 0 Å². The zero-order chi connectivity index (χ0) is 12.5. The van der Waals surface area contributed by atoms with Gasteiger partial charge in [-0.25, -0.2) is 4.52 Å². The summed E-state index contributed by atoms with van der Waals surface area (Å²) >= 11 is 0. The highest BCUT2D eigenvalue weighted by atomic mass is 15.4. The Morgan fingerprint density at radius 1 is 1.50 bits per heavy atom. The Balaban J connectivity index is 1.85. The SMILES string of the molecule is CNCC1CCN(c2nc3c(C)cccn3n2)C1. The molecule has 0 bridgehead atoms. The molecule has 2 aromatic rings. The molecule has 3 heterocycles. The molecule has 1 aliphatic rings. The van der Waals surface area contributed by atoms with Gasteiger partial charge in [-0.05, 0) is 44.5 Å². The van der Waals surface area contributed by atoms with Gasteiger partial charge in [-0.15, -0.1) is 5.10 Å². The molecule has 0 spiro atoms. The Hall–Kier alpha value is -1.62. The molecule has 0 aromatic carbocycles. The van der Waals surface area contributed by atoms with Crippen LogP contribution in [0.4, 0.5) is 5.95 Å². The molecule has 1 unspecified atom stereocenters. The fourth-order valence-electron chi connectivity index (χ4n) is 2.63. The summed E-state index contributed by atoms with van der Waals surface area (Å²) in [5.74, 6) is 1.57. The van der Waals surface area contributed by atoms with Crippen molar-refractivity contribution in [1.82, 2.24) is 19.9 Å². The van der Waals surface area contributed by atoms with Gasteiger partial charge in [0.2, 0.25) is 5.95 Å². The van der Waals surface area contributed by atoms with Crippen LogP contribution in [0.1, 0.15) is 12.0 Å². The Morgan fingerprint density at radius 2 is 2.39 bits per heavy atom. The molecule has 0 radical (unpaired) electrons. The van der Waals surface area contributed by atoms with E-state index in [4.69, 9.17) is 0 Å². The van der Waals surface area contributed by atoms with Crippen molar-refractivity contribution in [2.45, 2.75) is 13.3 Å². The van der Waals surface area contributed by atoms with Crippen LogP contribution in [0.15, 0.2) is 18.3 Å². The van der Waals surface area contributed by atoms with Gasteiger partial charge < -0.3 is 10.2 Å². The topological polar surface area (TPSA) is 45.5 Å². The van der Waals surface area contributed by atoms with Crippen molar-refractivity contribution in [3.63, 3.8) is 0 Å². The van der Waals surface area contributed by atoms with Gasteiger partial charge in [0, 0.05) is 19.3 Å². The first-order valence-corrected chi connectivity index (χ1v) is 6.49. The smallest absolute Gasteiger partial charge is 0.245 e. The number of pyridine rings is 1. The number of aryl methyl sites for hydroxylation is 1. The quantitative estimate of drug-likeness (QED) is 0.879. The summed E-state index contributed by atoms with van der Waals surface area (Å²) in [4.78, 5) is 6.93. The van der Waals surface area contributed by atoms with Crippen LogP contribution in [-0.2, 0) is 0 Å². The summed E-state index contributed by atoms with van der Waals surface area (Å²) in [5.41, 5.74) is 2.13. The Bertz CT molecular complexity index is 547. The number of aromatic nitrogens is 3. The highest BCUT2D eigenvalue weighted by molar-refractivity contribution is 5.50. The molecule has 1 fully saturated rings. The molecular weight excluding hydrogens is 226 g/mol. The zero-order valence-corrected chi connectivity index (χ0v) is 10.9. The Morgan fingerprint density at radius 3 is 3.17 bits per heavy atom. The summed E-state index contributed by atoms with van der Waals surface area (Å²) < 4.78 is 1.87. The zero-order valence-electron chi connectivity index (χ0n) is 10.9. The number of fused-ring (bicyclic) bond motifs is 1. The number of nitrogens with zero attached hydrogens (tertiary/aromatic N) is 4. The van der Waals surface area contributed by atoms with Gasteiger partial charge in [0.1, 0.15) is 0 Å². The minimum Gasteiger partial charge on any atom is -0.339 e. The standard InChI is InChI=1S/C13H19N5/c1-10-4-3-6-18-12(10)15-13(16-18)17-7-5-11(9-17)8-14-2/h3-4,6,11,14H,5,7-9H2,1-2H3. The van der Waals surface area contributed by atoms with E-state index >= 15 is 0 Å². The lowest BCUT2D eigenvalue weighted by Crippen LogP contribution is -2.25. The highest BCUT2D eigenvalue weighted by Gasteiger charge is 2.24. The second-order valence-corrected chi connectivity index (χ2v) is 5.03. The monoisotopic (exact) mass is 245 g/mol. The van der Waals surface area contributed by atoms with Gasteiger partial charge in [-0.2, -0.15) is 4.98 Å². The molecule has 5 nitrogen and oxygen atoms in total. The third-order valence-corrected chi connectivity index (χ3v) is 3.61. The van der Waals surface area contributed by atoms with E-state index in [0.29, 0.717) is 5.92 Å². The lowest BCUT2D eigenvalue weighted by Gasteiger charge is -2.13. The van der Waals surface area contributed by atoms with Crippen molar-refractivity contribution >= 4 is 11.6 Å². The minimum atomic E-state index is 0.711. The van der Waals surface area contributed by atoms with E-state index in [9.17, 15) is 0 Å². The molecule has 1 N–H and O–H groups in total. The lowest BCUT2D eigenvalue weighted by atomic mass is 10.1. The summed E-state index contributed by atoms with van der Waals surface area (Å²) in [6.45, 7) is 5.25. The van der Waals surface area contributed by atoms with Gasteiger partial charge in [-0.3, -0.25) is 0 Å². The van der Waals surface area contributed by atoms with Crippen LogP contribution in [0.3, 0.4) is 0 Å². The number of nitrogens with one attached hydrogen (secondary N) is 1. The lowest BCUT2D eigenvalue weighted by molar-refractivity contribution is 0.548. The van der Waals surface area contributed by atoms with E-state index in [2.05, 4.69) is 33.3 Å². The number of hydrogen-bond donors (Lipinski definition) is 1. The molecule has 0 saturated carbocycles. The molecule has 3 rings (SSSR count). The molecule has 0 amide bonds. The molecular formula is C13H19N5. The first kappa shape index (κ1) is 11.5. The van der Waals surface area contributed by atoms with Crippen molar-refractivity contribution in [2.75, 3.05) is 31.6 Å². The van der Waals surface area contributed by atoms with E-state index in [-0.39, 0.29) is 0 Å². The average molecular weight is 245 g/mol. The molecule has 18 heavy (non-hydrogen) atoms. The van der Waals surface area contributed by atoms with Crippen molar-refractivity contribution in [2.24, 2.45) is 5.92 Å². The molecule has 1 atom stereocenters.